The second-order valence-corrected chi connectivity index (χ2v) is 10.2. The van der Waals surface area contributed by atoms with Crippen molar-refractivity contribution in [3.63, 3.8) is 0 Å². The summed E-state index contributed by atoms with van der Waals surface area (Å²) in [7, 11) is 2.15. The van der Waals surface area contributed by atoms with Gasteiger partial charge in [-0.25, -0.2) is 0 Å². The van der Waals surface area contributed by atoms with E-state index in [9.17, 15) is 0 Å². The molecule has 3 aromatic carbocycles. The van der Waals surface area contributed by atoms with Crippen LogP contribution in [-0.2, 0) is 0 Å². The van der Waals surface area contributed by atoms with Crippen LogP contribution in [0.4, 0.5) is 5.69 Å². The van der Waals surface area contributed by atoms with Crippen molar-refractivity contribution in [3.05, 3.63) is 106 Å². The van der Waals surface area contributed by atoms with E-state index in [1.807, 2.05) is 12.1 Å². The molecule has 2 heterocycles. The van der Waals surface area contributed by atoms with Crippen LogP contribution in [0.1, 0.15) is 11.1 Å². The van der Waals surface area contributed by atoms with Crippen LogP contribution in [0.25, 0.3) is 17.2 Å². The maximum absolute atomic E-state index is 6.05. The Labute approximate surface area is 208 Å². The topological polar surface area (TPSA) is 15.6 Å². The van der Waals surface area contributed by atoms with Crippen molar-refractivity contribution in [1.82, 2.24) is 0 Å². The smallest absolute Gasteiger partial charge is 0.0668 e. The van der Waals surface area contributed by atoms with E-state index in [-0.39, 0.29) is 0 Å². The number of halogens is 1. The maximum Gasteiger partial charge on any atom is 0.0668 e. The van der Waals surface area contributed by atoms with Crippen molar-refractivity contribution in [3.8, 4) is 11.1 Å². The van der Waals surface area contributed by atoms with Gasteiger partial charge in [0.25, 0.3) is 0 Å². The summed E-state index contributed by atoms with van der Waals surface area (Å²) in [5.41, 5.74) is 7.11. The molecule has 0 spiro atoms. The summed E-state index contributed by atoms with van der Waals surface area (Å²) in [6, 6.07) is 25.3. The molecule has 1 aliphatic rings. The Morgan fingerprint density at radius 1 is 0.970 bits per heavy atom. The van der Waals surface area contributed by atoms with Gasteiger partial charge in [-0.05, 0) is 76.0 Å². The fourth-order valence-electron chi connectivity index (χ4n) is 3.85. The summed E-state index contributed by atoms with van der Waals surface area (Å²) in [4.78, 5) is 9.59. The molecule has 0 amide bonds. The number of allylic oxidation sites excluding steroid dienone is 1. The van der Waals surface area contributed by atoms with Crippen molar-refractivity contribution >= 4 is 52.2 Å². The predicted octanol–water partition coefficient (Wildman–Crippen LogP) is 8.17. The lowest BCUT2D eigenvalue weighted by Gasteiger charge is -2.20. The highest BCUT2D eigenvalue weighted by Crippen LogP contribution is 2.33. The third kappa shape index (κ3) is 5.09. The lowest BCUT2D eigenvalue weighted by molar-refractivity contribution is 0.897. The zero-order chi connectivity index (χ0) is 22.6. The number of fused-ring (bicyclic) bond motifs is 1. The first-order chi connectivity index (χ1) is 16.2. The molecule has 1 aliphatic heterocycles. The van der Waals surface area contributed by atoms with E-state index < -0.39 is 0 Å². The van der Waals surface area contributed by atoms with Crippen LogP contribution in [0.5, 0.6) is 0 Å². The van der Waals surface area contributed by atoms with Gasteiger partial charge >= 0.3 is 0 Å². The highest BCUT2D eigenvalue weighted by atomic mass is 35.5. The fourth-order valence-corrected chi connectivity index (χ4v) is 5.57. The van der Waals surface area contributed by atoms with Crippen LogP contribution in [0.3, 0.4) is 0 Å². The quantitative estimate of drug-likeness (QED) is 0.282. The van der Waals surface area contributed by atoms with Gasteiger partial charge in [0.05, 0.1) is 12.3 Å². The number of thiophene rings is 1. The van der Waals surface area contributed by atoms with E-state index in [1.54, 1.807) is 23.1 Å². The lowest BCUT2D eigenvalue weighted by atomic mass is 10.0. The van der Waals surface area contributed by atoms with E-state index in [0.717, 1.165) is 23.8 Å². The first kappa shape index (κ1) is 22.0. The first-order valence-corrected chi connectivity index (χ1v) is 12.9. The third-order valence-corrected chi connectivity index (χ3v) is 7.67. The van der Waals surface area contributed by atoms with Crippen LogP contribution in [-0.4, -0.2) is 25.8 Å². The summed E-state index contributed by atoms with van der Waals surface area (Å²) in [6.07, 6.45) is 4.34. The number of hydrogen-bond donors (Lipinski definition) is 0. The molecule has 0 aliphatic carbocycles. The van der Waals surface area contributed by atoms with E-state index in [4.69, 9.17) is 16.6 Å². The molecule has 5 heteroatoms. The number of aliphatic imine (C=N–C) groups is 1. The molecule has 0 fully saturated rings. The maximum atomic E-state index is 6.05. The summed E-state index contributed by atoms with van der Waals surface area (Å²) in [5.74, 6) is 0. The Morgan fingerprint density at radius 3 is 2.64 bits per heavy atom. The fraction of sp³-hybridized carbons (Fsp3) is 0.107. The van der Waals surface area contributed by atoms with Crippen molar-refractivity contribution in [2.75, 3.05) is 25.0 Å². The van der Waals surface area contributed by atoms with E-state index >= 15 is 0 Å². The van der Waals surface area contributed by atoms with Crippen LogP contribution in [0, 0.1) is 0 Å². The highest BCUT2D eigenvalue weighted by molar-refractivity contribution is 7.99. The largest absolute Gasteiger partial charge is 0.372 e. The van der Waals surface area contributed by atoms with Gasteiger partial charge in [0.1, 0.15) is 0 Å². The molecule has 0 unspecified atom stereocenters. The van der Waals surface area contributed by atoms with Gasteiger partial charge in [0.15, 0.2) is 0 Å². The Kier molecular flexibility index (Phi) is 6.68. The van der Waals surface area contributed by atoms with Gasteiger partial charge in [-0.15, -0.1) is 0 Å². The Morgan fingerprint density at radius 2 is 1.82 bits per heavy atom. The summed E-state index contributed by atoms with van der Waals surface area (Å²) in [5, 5.41) is 5.08. The molecule has 4 aromatic rings. The van der Waals surface area contributed by atoms with Gasteiger partial charge in [0.2, 0.25) is 0 Å². The molecule has 33 heavy (non-hydrogen) atoms. The van der Waals surface area contributed by atoms with Crippen molar-refractivity contribution < 1.29 is 0 Å². The normalized spacial score (nSPS) is 13.6. The Balaban J connectivity index is 1.45. The molecule has 0 atom stereocenters. The minimum atomic E-state index is 0.754. The minimum absolute atomic E-state index is 0.754. The molecule has 164 valence electrons. The number of nitrogens with zero attached hydrogens (tertiary/aromatic N) is 2. The molecule has 0 bridgehead atoms. The molecular formula is C28H23ClN2S2. The average molecular weight is 487 g/mol. The minimum Gasteiger partial charge on any atom is -0.372 e. The predicted molar refractivity (Wildman–Crippen MR) is 145 cm³/mol. The molecule has 1 aromatic heterocycles. The van der Waals surface area contributed by atoms with E-state index in [0.29, 0.717) is 0 Å². The standard InChI is InChI=1S/C28H23ClN2S2/c1-31-16-15-30-26(25-12-6-21(18-27(25)31)22-14-17-32-19-22)13-7-20-4-2-3-5-28(20)33-24-10-8-23(29)9-11-24/h2-14,17-19H,15-16H2,1H3/b13-7+. The monoisotopic (exact) mass is 486 g/mol. The Hall–Kier alpha value is -2.79. The van der Waals surface area contributed by atoms with Gasteiger partial charge in [-0.3, -0.25) is 4.99 Å². The number of hydrogen-bond acceptors (Lipinski definition) is 4. The van der Waals surface area contributed by atoms with Gasteiger partial charge in [-0.1, -0.05) is 59.8 Å². The van der Waals surface area contributed by atoms with E-state index in [2.05, 4.69) is 95.5 Å². The lowest BCUT2D eigenvalue weighted by Crippen LogP contribution is -2.20. The zero-order valence-corrected chi connectivity index (χ0v) is 20.6. The van der Waals surface area contributed by atoms with Crippen molar-refractivity contribution in [2.45, 2.75) is 9.79 Å². The van der Waals surface area contributed by atoms with Crippen LogP contribution < -0.4 is 4.90 Å². The summed E-state index contributed by atoms with van der Waals surface area (Å²) >= 11 is 9.52. The van der Waals surface area contributed by atoms with Crippen LogP contribution in [0.15, 0.2) is 104 Å². The molecule has 5 rings (SSSR count). The molecule has 0 saturated carbocycles. The SMILES string of the molecule is CN1CCN=C(/C=C/c2ccccc2Sc2ccc(Cl)cc2)c2ccc(-c3ccsc3)cc21. The van der Waals surface area contributed by atoms with Crippen molar-refractivity contribution in [2.24, 2.45) is 4.99 Å². The van der Waals surface area contributed by atoms with Gasteiger partial charge < -0.3 is 4.90 Å². The molecular weight excluding hydrogens is 464 g/mol. The van der Waals surface area contributed by atoms with Crippen LogP contribution >= 0.6 is 34.7 Å². The van der Waals surface area contributed by atoms with Gasteiger partial charge in [-0.2, -0.15) is 11.3 Å². The number of rotatable bonds is 5. The molecule has 2 nitrogen and oxygen atoms in total. The second-order valence-electron chi connectivity index (χ2n) is 7.86. The number of likely N-dealkylation sites (N-methyl/N-ethyl adjacent to an activating group) is 1. The molecule has 0 N–H and O–H groups in total. The summed E-state index contributed by atoms with van der Waals surface area (Å²) in [6.45, 7) is 1.68. The highest BCUT2D eigenvalue weighted by Gasteiger charge is 2.16. The van der Waals surface area contributed by atoms with Crippen molar-refractivity contribution in [1.29, 1.82) is 0 Å². The van der Waals surface area contributed by atoms with E-state index in [1.165, 1.54) is 37.7 Å². The van der Waals surface area contributed by atoms with Crippen LogP contribution in [0.2, 0.25) is 5.02 Å². The second kappa shape index (κ2) is 10.0. The number of anilines is 1. The Bertz CT molecular complexity index is 1310. The summed E-state index contributed by atoms with van der Waals surface area (Å²) < 4.78 is 0. The average Bonchev–Trinajstić information content (AvgIpc) is 3.33. The third-order valence-electron chi connectivity index (χ3n) is 5.64. The number of benzene rings is 3. The van der Waals surface area contributed by atoms with Gasteiger partial charge in [0, 0.05) is 39.7 Å². The zero-order valence-electron chi connectivity index (χ0n) is 18.2. The molecule has 0 saturated heterocycles. The number of benzodiazepines with no additional fused rings is 1. The first-order valence-electron chi connectivity index (χ1n) is 10.8. The molecule has 0 radical (unpaired) electrons.